The van der Waals surface area contributed by atoms with Crippen LogP contribution in [0.2, 0.25) is 0 Å². The molecule has 0 aliphatic carbocycles. The lowest BCUT2D eigenvalue weighted by Gasteiger charge is -2.35. The fourth-order valence-electron chi connectivity index (χ4n) is 4.71. The summed E-state index contributed by atoms with van der Waals surface area (Å²) in [4.78, 5) is 40.2. The van der Waals surface area contributed by atoms with Crippen LogP contribution in [0.5, 0.6) is 5.75 Å². The van der Waals surface area contributed by atoms with E-state index in [1.54, 1.807) is 6.07 Å². The molecule has 0 fully saturated rings. The normalized spacial score (nSPS) is 16.4. The topological polar surface area (TPSA) is 91.6 Å². The highest BCUT2D eigenvalue weighted by Crippen LogP contribution is 2.37. The largest absolute Gasteiger partial charge is 0.503 e. The van der Waals surface area contributed by atoms with Crippen LogP contribution in [0.1, 0.15) is 50.0 Å². The number of benzene rings is 2. The van der Waals surface area contributed by atoms with Crippen LogP contribution in [0.25, 0.3) is 0 Å². The number of anilines is 1. The molecule has 10 heteroatoms. The molecule has 2 aliphatic rings. The van der Waals surface area contributed by atoms with Gasteiger partial charge in [0.25, 0.3) is 11.8 Å². The molecule has 1 atom stereocenters. The highest BCUT2D eigenvalue weighted by Gasteiger charge is 2.38. The Hall–Kier alpha value is -4.08. The Morgan fingerprint density at radius 2 is 1.86 bits per heavy atom. The Balaban J connectivity index is 1.50. The SMILES string of the molecule is Cc1cc(F)c(CNC(=O)c2cn3c(c(O)c2=O)C(=O)N2C[C@@H]3CCc3ccc(F)cc32)c(F)c1. The number of hydrogen-bond donors (Lipinski definition) is 2. The molecule has 3 aromatic rings. The van der Waals surface area contributed by atoms with Gasteiger partial charge in [0.15, 0.2) is 11.4 Å². The molecule has 35 heavy (non-hydrogen) atoms. The van der Waals surface area contributed by atoms with Gasteiger partial charge >= 0.3 is 0 Å². The van der Waals surface area contributed by atoms with Crippen LogP contribution in [0.4, 0.5) is 18.9 Å². The molecular formula is C25H20F3N3O4. The quantitative estimate of drug-likeness (QED) is 0.598. The standard InChI is InChI=1S/C25H20F3N3O4/c1-12-6-18(27)16(19(28)7-12)9-29-24(34)17-11-30-15-5-3-13-2-4-14(26)8-20(13)31(10-15)25(35)21(30)23(33)22(17)32/h2,4,6-8,11,15,33H,3,5,9-10H2,1H3,(H,29,34)/t15-/m0/s1. The van der Waals surface area contributed by atoms with Crippen molar-refractivity contribution >= 4 is 17.5 Å². The zero-order valence-electron chi connectivity index (χ0n) is 18.6. The Morgan fingerprint density at radius 3 is 2.57 bits per heavy atom. The second-order valence-corrected chi connectivity index (χ2v) is 8.75. The fraction of sp³-hybridized carbons (Fsp3) is 0.240. The molecule has 2 amide bonds. The summed E-state index contributed by atoms with van der Waals surface area (Å²) in [5.74, 6) is -4.75. The highest BCUT2D eigenvalue weighted by molar-refractivity contribution is 6.08. The Bertz CT molecular complexity index is 1440. The number of halogens is 3. The van der Waals surface area contributed by atoms with Gasteiger partial charge in [-0.15, -0.1) is 0 Å². The van der Waals surface area contributed by atoms with Crippen LogP contribution in [-0.4, -0.2) is 28.0 Å². The monoisotopic (exact) mass is 483 g/mol. The van der Waals surface area contributed by atoms with Crippen LogP contribution in [0, 0.1) is 24.4 Å². The zero-order chi connectivity index (χ0) is 25.0. The van der Waals surface area contributed by atoms with E-state index in [9.17, 15) is 32.7 Å². The molecule has 0 radical (unpaired) electrons. The van der Waals surface area contributed by atoms with Crippen LogP contribution in [0.15, 0.2) is 41.3 Å². The van der Waals surface area contributed by atoms with Gasteiger partial charge < -0.3 is 19.9 Å². The lowest BCUT2D eigenvalue weighted by atomic mass is 10.0. The summed E-state index contributed by atoms with van der Waals surface area (Å²) in [5.41, 5.74) is -0.724. The summed E-state index contributed by atoms with van der Waals surface area (Å²) >= 11 is 0. The molecule has 2 N–H and O–H groups in total. The third kappa shape index (κ3) is 3.74. The number of carbonyl (C=O) groups is 2. The number of hydrogen-bond acceptors (Lipinski definition) is 4. The van der Waals surface area contributed by atoms with Gasteiger partial charge in [0.1, 0.15) is 23.0 Å². The maximum atomic E-state index is 14.1. The molecule has 0 unspecified atom stereocenters. The minimum atomic E-state index is -1.09. The van der Waals surface area contributed by atoms with Gasteiger partial charge in [0.05, 0.1) is 11.7 Å². The number of fused-ring (bicyclic) bond motifs is 6. The van der Waals surface area contributed by atoms with Crippen molar-refractivity contribution in [3.05, 3.63) is 92.2 Å². The van der Waals surface area contributed by atoms with E-state index < -0.39 is 58.6 Å². The maximum Gasteiger partial charge on any atom is 0.279 e. The molecule has 0 saturated carbocycles. The Morgan fingerprint density at radius 1 is 1.14 bits per heavy atom. The molecular weight excluding hydrogens is 463 g/mol. The fourth-order valence-corrected chi connectivity index (χ4v) is 4.71. The summed E-state index contributed by atoms with van der Waals surface area (Å²) in [5, 5.41) is 13.0. The predicted molar refractivity (Wildman–Crippen MR) is 120 cm³/mol. The molecule has 3 heterocycles. The summed E-state index contributed by atoms with van der Waals surface area (Å²) < 4.78 is 43.5. The van der Waals surface area contributed by atoms with Crippen molar-refractivity contribution in [1.29, 1.82) is 0 Å². The van der Waals surface area contributed by atoms with Crippen molar-refractivity contribution < 1.29 is 27.9 Å². The first-order chi connectivity index (χ1) is 16.7. The molecule has 0 spiro atoms. The van der Waals surface area contributed by atoms with Crippen molar-refractivity contribution in [2.24, 2.45) is 0 Å². The van der Waals surface area contributed by atoms with Gasteiger partial charge in [-0.1, -0.05) is 6.07 Å². The van der Waals surface area contributed by atoms with E-state index in [0.717, 1.165) is 17.7 Å². The minimum absolute atomic E-state index is 0.158. The van der Waals surface area contributed by atoms with E-state index in [1.165, 1.54) is 34.7 Å². The third-order valence-corrected chi connectivity index (χ3v) is 6.49. The average Bonchev–Trinajstić information content (AvgIpc) is 2.96. The number of aromatic nitrogens is 1. The second-order valence-electron chi connectivity index (χ2n) is 8.75. The summed E-state index contributed by atoms with van der Waals surface area (Å²) in [6.07, 6.45) is 2.19. The van der Waals surface area contributed by atoms with Gasteiger partial charge in [-0.25, -0.2) is 13.2 Å². The van der Waals surface area contributed by atoms with Gasteiger partial charge in [-0.3, -0.25) is 14.4 Å². The summed E-state index contributed by atoms with van der Waals surface area (Å²) in [6, 6.07) is 5.98. The van der Waals surface area contributed by atoms with Crippen LogP contribution in [-0.2, 0) is 13.0 Å². The second kappa shape index (κ2) is 8.30. The first-order valence-corrected chi connectivity index (χ1v) is 11.0. The molecule has 5 rings (SSSR count). The van der Waals surface area contributed by atoms with E-state index in [2.05, 4.69) is 5.32 Å². The van der Waals surface area contributed by atoms with Crippen molar-refractivity contribution in [3.8, 4) is 5.75 Å². The molecule has 180 valence electrons. The Labute approximate surface area is 197 Å². The lowest BCUT2D eigenvalue weighted by molar-refractivity contribution is 0.0929. The number of rotatable bonds is 3. The Kier molecular flexibility index (Phi) is 5.38. The van der Waals surface area contributed by atoms with Crippen molar-refractivity contribution in [2.75, 3.05) is 11.4 Å². The van der Waals surface area contributed by atoms with Crippen molar-refractivity contribution in [2.45, 2.75) is 32.4 Å². The minimum Gasteiger partial charge on any atom is -0.503 e. The maximum absolute atomic E-state index is 14.1. The van der Waals surface area contributed by atoms with Crippen molar-refractivity contribution in [1.82, 2.24) is 9.88 Å². The van der Waals surface area contributed by atoms with Gasteiger partial charge in [-0.05, 0) is 55.2 Å². The zero-order valence-corrected chi connectivity index (χ0v) is 18.6. The molecule has 2 aromatic carbocycles. The van der Waals surface area contributed by atoms with E-state index >= 15 is 0 Å². The molecule has 1 aromatic heterocycles. The third-order valence-electron chi connectivity index (χ3n) is 6.49. The van der Waals surface area contributed by atoms with Gasteiger partial charge in [0, 0.05) is 24.8 Å². The van der Waals surface area contributed by atoms with Crippen molar-refractivity contribution in [3.63, 3.8) is 0 Å². The van der Waals surface area contributed by atoms with E-state index in [0.29, 0.717) is 24.1 Å². The summed E-state index contributed by atoms with van der Waals surface area (Å²) in [7, 11) is 0. The highest BCUT2D eigenvalue weighted by atomic mass is 19.1. The number of carbonyl (C=O) groups excluding carboxylic acids is 2. The number of aromatic hydroxyl groups is 1. The predicted octanol–water partition coefficient (Wildman–Crippen LogP) is 3.36. The van der Waals surface area contributed by atoms with Gasteiger partial charge in [0.2, 0.25) is 5.43 Å². The van der Waals surface area contributed by atoms with Crippen LogP contribution in [0.3, 0.4) is 0 Å². The van der Waals surface area contributed by atoms with Crippen LogP contribution >= 0.6 is 0 Å². The average molecular weight is 483 g/mol. The summed E-state index contributed by atoms with van der Waals surface area (Å²) in [6.45, 7) is 1.16. The first kappa shape index (κ1) is 22.7. The lowest BCUT2D eigenvalue weighted by Crippen LogP contribution is -2.44. The van der Waals surface area contributed by atoms with Gasteiger partial charge in [-0.2, -0.15) is 0 Å². The number of pyridine rings is 1. The molecule has 2 aliphatic heterocycles. The van der Waals surface area contributed by atoms with E-state index in [4.69, 9.17) is 0 Å². The van der Waals surface area contributed by atoms with E-state index in [-0.39, 0.29) is 17.8 Å². The number of aryl methyl sites for hydroxylation is 2. The number of nitrogens with one attached hydrogen (secondary N) is 1. The molecule has 7 nitrogen and oxygen atoms in total. The molecule has 2 bridgehead atoms. The van der Waals surface area contributed by atoms with Crippen LogP contribution < -0.4 is 15.6 Å². The van der Waals surface area contributed by atoms with E-state index in [1.807, 2.05) is 0 Å². The first-order valence-electron chi connectivity index (χ1n) is 11.0. The number of nitrogens with zero attached hydrogens (tertiary/aromatic N) is 2. The number of amides is 2. The molecule has 0 saturated heterocycles. The smallest absolute Gasteiger partial charge is 0.279 e.